The lowest BCUT2D eigenvalue weighted by atomic mass is 9.97. The van der Waals surface area contributed by atoms with Crippen LogP contribution in [0.25, 0.3) is 11.2 Å². The third kappa shape index (κ3) is 3.84. The lowest BCUT2D eigenvalue weighted by Crippen LogP contribution is -2.30. The summed E-state index contributed by atoms with van der Waals surface area (Å²) < 4.78 is 2.00. The smallest absolute Gasteiger partial charge is 0.255 e. The van der Waals surface area contributed by atoms with E-state index in [0.29, 0.717) is 0 Å². The molecule has 2 aromatic heterocycles. The van der Waals surface area contributed by atoms with Crippen LogP contribution in [0.2, 0.25) is 0 Å². The molecule has 5 rings (SSSR count). The van der Waals surface area contributed by atoms with Crippen LogP contribution in [0.1, 0.15) is 24.6 Å². The van der Waals surface area contributed by atoms with Gasteiger partial charge in [-0.05, 0) is 66.5 Å². The number of hydrogen-bond acceptors (Lipinski definition) is 3. The van der Waals surface area contributed by atoms with E-state index in [1.54, 1.807) is 11.0 Å². The predicted octanol–water partition coefficient (Wildman–Crippen LogP) is 4.41. The van der Waals surface area contributed by atoms with Crippen LogP contribution in [0, 0.1) is 6.92 Å². The van der Waals surface area contributed by atoms with Crippen molar-refractivity contribution in [3.63, 3.8) is 0 Å². The quantitative estimate of drug-likeness (QED) is 0.752. The Morgan fingerprint density at radius 3 is 2.81 bits per heavy atom. The van der Waals surface area contributed by atoms with Crippen molar-refractivity contribution in [1.29, 1.82) is 0 Å². The Kier molecular flexibility index (Phi) is 5.04. The van der Waals surface area contributed by atoms with Gasteiger partial charge in [-0.15, -0.1) is 0 Å². The summed E-state index contributed by atoms with van der Waals surface area (Å²) in [6.07, 6.45) is 21.2. The lowest BCUT2D eigenvalue weighted by molar-refractivity contribution is -0.122. The highest BCUT2D eigenvalue weighted by Gasteiger charge is 2.21. The number of pyridine rings is 1. The highest BCUT2D eigenvalue weighted by molar-refractivity contribution is 6.00. The molecular formula is C26H26N4O. The Hall–Kier alpha value is -3.44. The Bertz CT molecular complexity index is 1240. The molecule has 5 heterocycles. The molecule has 5 nitrogen and oxygen atoms in total. The highest BCUT2D eigenvalue weighted by Crippen LogP contribution is 2.28. The molecule has 0 saturated carbocycles. The zero-order valence-corrected chi connectivity index (χ0v) is 18.0. The molecule has 5 heteroatoms. The summed E-state index contributed by atoms with van der Waals surface area (Å²) in [5.41, 5.74) is 7.06. The Balaban J connectivity index is 1.46. The van der Waals surface area contributed by atoms with Gasteiger partial charge < -0.3 is 4.40 Å². The van der Waals surface area contributed by atoms with Crippen LogP contribution in [-0.2, 0) is 4.79 Å². The van der Waals surface area contributed by atoms with E-state index in [0.717, 1.165) is 59.8 Å². The van der Waals surface area contributed by atoms with Crippen molar-refractivity contribution in [2.75, 3.05) is 19.6 Å². The normalized spacial score (nSPS) is 23.8. The number of carbonyl (C=O) groups is 1. The lowest BCUT2D eigenvalue weighted by Gasteiger charge is -2.28. The number of allylic oxidation sites excluding steroid dienone is 7. The summed E-state index contributed by atoms with van der Waals surface area (Å²) in [6, 6.07) is 4.00. The van der Waals surface area contributed by atoms with Crippen molar-refractivity contribution in [1.82, 2.24) is 19.2 Å². The van der Waals surface area contributed by atoms with Crippen LogP contribution in [0.3, 0.4) is 0 Å². The molecule has 0 bridgehead atoms. The molecular weight excluding hydrogens is 384 g/mol. The van der Waals surface area contributed by atoms with Crippen LogP contribution in [0.15, 0.2) is 90.1 Å². The van der Waals surface area contributed by atoms with Crippen molar-refractivity contribution < 1.29 is 4.79 Å². The molecule has 156 valence electrons. The van der Waals surface area contributed by atoms with Gasteiger partial charge >= 0.3 is 0 Å². The second-order valence-electron chi connectivity index (χ2n) is 8.11. The molecule has 0 unspecified atom stereocenters. The average molecular weight is 411 g/mol. The van der Waals surface area contributed by atoms with Gasteiger partial charge in [-0.25, -0.2) is 4.98 Å². The first kappa shape index (κ1) is 19.5. The van der Waals surface area contributed by atoms with E-state index < -0.39 is 0 Å². The molecule has 2 aromatic rings. The summed E-state index contributed by atoms with van der Waals surface area (Å²) in [5, 5.41) is 0. The fraction of sp³-hybridized carbons (Fsp3) is 0.231. The van der Waals surface area contributed by atoms with E-state index >= 15 is 0 Å². The van der Waals surface area contributed by atoms with E-state index in [2.05, 4.69) is 29.0 Å². The minimum Gasteiger partial charge on any atom is -0.306 e. The fourth-order valence-corrected chi connectivity index (χ4v) is 4.26. The second-order valence-corrected chi connectivity index (χ2v) is 8.11. The van der Waals surface area contributed by atoms with Crippen molar-refractivity contribution in [2.24, 2.45) is 0 Å². The maximum Gasteiger partial charge on any atom is 0.255 e. The van der Waals surface area contributed by atoms with E-state index in [9.17, 15) is 4.79 Å². The van der Waals surface area contributed by atoms with E-state index in [-0.39, 0.29) is 5.91 Å². The van der Waals surface area contributed by atoms with Crippen molar-refractivity contribution in [3.05, 3.63) is 101 Å². The third-order valence-electron chi connectivity index (χ3n) is 6.06. The van der Waals surface area contributed by atoms with Crippen LogP contribution < -0.4 is 0 Å². The van der Waals surface area contributed by atoms with Gasteiger partial charge in [0.25, 0.3) is 5.91 Å². The third-order valence-corrected chi connectivity index (χ3v) is 6.06. The minimum absolute atomic E-state index is 0.0408. The molecule has 0 atom stereocenters. The number of hydrogen-bond donors (Lipinski definition) is 0. The predicted molar refractivity (Wildman–Crippen MR) is 124 cm³/mol. The van der Waals surface area contributed by atoms with Crippen molar-refractivity contribution in [3.8, 4) is 0 Å². The molecule has 0 spiro atoms. The maximum absolute atomic E-state index is 13.2. The van der Waals surface area contributed by atoms with Crippen LogP contribution in [-0.4, -0.2) is 44.7 Å². The van der Waals surface area contributed by atoms with Gasteiger partial charge in [-0.3, -0.25) is 14.6 Å². The van der Waals surface area contributed by atoms with Crippen molar-refractivity contribution in [2.45, 2.75) is 20.3 Å². The summed E-state index contributed by atoms with van der Waals surface area (Å²) in [6.45, 7) is 7.27. The molecule has 0 radical (unpaired) electrons. The summed E-state index contributed by atoms with van der Waals surface area (Å²) in [7, 11) is 0. The molecule has 0 N–H and O–H groups in total. The number of rotatable bonds is 3. The SMILES string of the molecule is CCN1CC=C(C2=CN3C(=O)\C=C(c4ccc5nc(C)cn5c4)/C=C/C=C/3C=C2)CC1. The van der Waals surface area contributed by atoms with E-state index in [1.165, 1.54) is 5.57 Å². The standard InChI is InChI=1S/C26H26N4O/c1-3-28-13-11-20(12-14-28)23-7-9-24-6-4-5-21(15-26(31)30(24)18-23)22-8-10-25-27-19(2)16-29(25)17-22/h4-11,15-18H,3,12-14H2,1-2H3/b5-4+,21-15+,24-6+. The first-order valence-corrected chi connectivity index (χ1v) is 10.8. The van der Waals surface area contributed by atoms with E-state index in [4.69, 9.17) is 0 Å². The van der Waals surface area contributed by atoms with Crippen molar-refractivity contribution >= 4 is 17.1 Å². The number of likely N-dealkylation sites (N-methyl/N-ethyl adjacent to an activating group) is 1. The topological polar surface area (TPSA) is 40.8 Å². The second kappa shape index (κ2) is 8.00. The molecule has 31 heavy (non-hydrogen) atoms. The largest absolute Gasteiger partial charge is 0.306 e. The zero-order chi connectivity index (χ0) is 21.4. The van der Waals surface area contributed by atoms with Crippen LogP contribution in [0.5, 0.6) is 0 Å². The molecule has 3 aliphatic rings. The number of imidazole rings is 1. The monoisotopic (exact) mass is 410 g/mol. The number of nitrogens with zero attached hydrogens (tertiary/aromatic N) is 4. The number of aryl methyl sites for hydroxylation is 1. The molecule has 0 saturated heterocycles. The van der Waals surface area contributed by atoms with Gasteiger partial charge in [-0.1, -0.05) is 31.2 Å². The maximum atomic E-state index is 13.2. The Morgan fingerprint density at radius 2 is 2.00 bits per heavy atom. The van der Waals surface area contributed by atoms with Gasteiger partial charge in [0.05, 0.1) is 5.69 Å². The molecule has 1 amide bonds. The Morgan fingerprint density at radius 1 is 1.10 bits per heavy atom. The first-order valence-electron chi connectivity index (χ1n) is 10.8. The van der Waals surface area contributed by atoms with Gasteiger partial charge in [-0.2, -0.15) is 0 Å². The molecule has 3 aliphatic heterocycles. The number of carbonyl (C=O) groups excluding carboxylic acids is 1. The van der Waals surface area contributed by atoms with Gasteiger partial charge in [0, 0.05) is 43.5 Å². The first-order chi connectivity index (χ1) is 15.1. The fourth-order valence-electron chi connectivity index (χ4n) is 4.26. The van der Waals surface area contributed by atoms with Gasteiger partial charge in [0.15, 0.2) is 0 Å². The van der Waals surface area contributed by atoms with E-state index in [1.807, 2.05) is 66.4 Å². The summed E-state index contributed by atoms with van der Waals surface area (Å²) >= 11 is 0. The average Bonchev–Trinajstić information content (AvgIpc) is 3.16. The van der Waals surface area contributed by atoms with Gasteiger partial charge in [0.1, 0.15) is 5.65 Å². The highest BCUT2D eigenvalue weighted by atomic mass is 16.2. The molecule has 0 aliphatic carbocycles. The molecule has 0 fully saturated rings. The van der Waals surface area contributed by atoms with Crippen LogP contribution in [0.4, 0.5) is 0 Å². The molecule has 0 aromatic carbocycles. The summed E-state index contributed by atoms with van der Waals surface area (Å²) in [5.74, 6) is -0.0408. The number of aromatic nitrogens is 2. The Labute approximate surface area is 182 Å². The zero-order valence-electron chi connectivity index (χ0n) is 18.0. The minimum atomic E-state index is -0.0408. The number of amides is 1. The van der Waals surface area contributed by atoms with Gasteiger partial charge in [0.2, 0.25) is 0 Å². The number of fused-ring (bicyclic) bond motifs is 2. The summed E-state index contributed by atoms with van der Waals surface area (Å²) in [4.78, 5) is 21.9. The van der Waals surface area contributed by atoms with Crippen LogP contribution >= 0.6 is 0 Å².